The molecule has 0 unspecified atom stereocenters. The van der Waals surface area contributed by atoms with Crippen LogP contribution >= 0.6 is 15.9 Å². The second-order valence-electron chi connectivity index (χ2n) is 4.31. The Kier molecular flexibility index (Phi) is 5.01. The molecule has 0 aliphatic carbocycles. The molecule has 0 atom stereocenters. The Balaban J connectivity index is 2.19. The van der Waals surface area contributed by atoms with Crippen molar-refractivity contribution in [2.24, 2.45) is 0 Å². The van der Waals surface area contributed by atoms with Crippen LogP contribution in [0.25, 0.3) is 0 Å². The van der Waals surface area contributed by atoms with Crippen LogP contribution in [0.2, 0.25) is 0 Å². The SMILES string of the molecule is COc1cc(Br)c(CNc2cc(F)cc(F)c2)cc1OC. The van der Waals surface area contributed by atoms with Crippen LogP contribution in [0.3, 0.4) is 0 Å². The molecule has 2 rings (SSSR count). The molecule has 0 bridgehead atoms. The van der Waals surface area contributed by atoms with E-state index in [1.54, 1.807) is 26.4 Å². The number of hydrogen-bond donors (Lipinski definition) is 1. The van der Waals surface area contributed by atoms with Gasteiger partial charge in [-0.3, -0.25) is 0 Å². The van der Waals surface area contributed by atoms with E-state index in [4.69, 9.17) is 9.47 Å². The van der Waals surface area contributed by atoms with Gasteiger partial charge in [-0.1, -0.05) is 15.9 Å². The molecule has 3 nitrogen and oxygen atoms in total. The highest BCUT2D eigenvalue weighted by Gasteiger charge is 2.10. The molecular weight excluding hydrogens is 344 g/mol. The molecule has 0 heterocycles. The fraction of sp³-hybridized carbons (Fsp3) is 0.200. The van der Waals surface area contributed by atoms with Gasteiger partial charge in [0.25, 0.3) is 0 Å². The summed E-state index contributed by atoms with van der Waals surface area (Å²) in [5, 5.41) is 2.97. The zero-order chi connectivity index (χ0) is 15.4. The fourth-order valence-corrected chi connectivity index (χ4v) is 2.35. The number of methoxy groups -OCH3 is 2. The van der Waals surface area contributed by atoms with E-state index in [2.05, 4.69) is 21.2 Å². The van der Waals surface area contributed by atoms with E-state index in [9.17, 15) is 8.78 Å². The summed E-state index contributed by atoms with van der Waals surface area (Å²) in [6.07, 6.45) is 0. The highest BCUT2D eigenvalue weighted by Crippen LogP contribution is 2.33. The maximum Gasteiger partial charge on any atom is 0.161 e. The highest BCUT2D eigenvalue weighted by molar-refractivity contribution is 9.10. The van der Waals surface area contributed by atoms with Gasteiger partial charge < -0.3 is 14.8 Å². The van der Waals surface area contributed by atoms with Gasteiger partial charge >= 0.3 is 0 Å². The molecule has 2 aromatic rings. The van der Waals surface area contributed by atoms with Crippen molar-refractivity contribution in [2.75, 3.05) is 19.5 Å². The molecule has 21 heavy (non-hydrogen) atoms. The predicted molar refractivity (Wildman–Crippen MR) is 80.9 cm³/mol. The van der Waals surface area contributed by atoms with Crippen LogP contribution in [-0.4, -0.2) is 14.2 Å². The summed E-state index contributed by atoms with van der Waals surface area (Å²) in [5.74, 6) is -0.0550. The van der Waals surface area contributed by atoms with Crippen LogP contribution < -0.4 is 14.8 Å². The van der Waals surface area contributed by atoms with Gasteiger partial charge in [0.05, 0.1) is 14.2 Å². The molecular formula is C15H14BrF2NO2. The second-order valence-corrected chi connectivity index (χ2v) is 5.16. The minimum absolute atomic E-state index is 0.370. The Morgan fingerprint density at radius 2 is 1.52 bits per heavy atom. The first-order valence-electron chi connectivity index (χ1n) is 6.14. The molecule has 0 amide bonds. The van der Waals surface area contributed by atoms with E-state index < -0.39 is 11.6 Å². The van der Waals surface area contributed by atoms with Gasteiger partial charge in [0.2, 0.25) is 0 Å². The zero-order valence-electron chi connectivity index (χ0n) is 11.5. The van der Waals surface area contributed by atoms with Crippen LogP contribution in [0.1, 0.15) is 5.56 Å². The van der Waals surface area contributed by atoms with Crippen molar-refractivity contribution in [3.8, 4) is 11.5 Å². The van der Waals surface area contributed by atoms with Gasteiger partial charge in [0.15, 0.2) is 11.5 Å². The predicted octanol–water partition coefficient (Wildman–Crippen LogP) is 4.36. The van der Waals surface area contributed by atoms with E-state index in [0.29, 0.717) is 23.7 Å². The Bertz CT molecular complexity index is 630. The normalized spacial score (nSPS) is 10.3. The monoisotopic (exact) mass is 357 g/mol. The maximum atomic E-state index is 13.1. The zero-order valence-corrected chi connectivity index (χ0v) is 13.1. The first-order valence-corrected chi connectivity index (χ1v) is 6.93. The number of halogens is 3. The Hall–Kier alpha value is -1.82. The average molecular weight is 358 g/mol. The molecule has 0 fully saturated rings. The van der Waals surface area contributed by atoms with Crippen molar-refractivity contribution in [3.05, 3.63) is 52.0 Å². The fourth-order valence-electron chi connectivity index (χ4n) is 1.88. The number of rotatable bonds is 5. The van der Waals surface area contributed by atoms with Crippen molar-refractivity contribution in [2.45, 2.75) is 6.54 Å². The third-order valence-corrected chi connectivity index (χ3v) is 3.64. The lowest BCUT2D eigenvalue weighted by Gasteiger charge is -2.13. The van der Waals surface area contributed by atoms with Crippen molar-refractivity contribution < 1.29 is 18.3 Å². The number of ether oxygens (including phenoxy) is 2. The quantitative estimate of drug-likeness (QED) is 0.862. The van der Waals surface area contributed by atoms with Gasteiger partial charge in [-0.2, -0.15) is 0 Å². The maximum absolute atomic E-state index is 13.1. The van der Waals surface area contributed by atoms with Gasteiger partial charge in [0, 0.05) is 22.8 Å². The molecule has 0 aromatic heterocycles. The Morgan fingerprint density at radius 3 is 2.10 bits per heavy atom. The van der Waals surface area contributed by atoms with Gasteiger partial charge in [-0.15, -0.1) is 0 Å². The molecule has 0 saturated heterocycles. The molecule has 0 spiro atoms. The van der Waals surface area contributed by atoms with E-state index in [1.165, 1.54) is 12.1 Å². The molecule has 112 valence electrons. The largest absolute Gasteiger partial charge is 0.493 e. The Morgan fingerprint density at radius 1 is 0.952 bits per heavy atom. The topological polar surface area (TPSA) is 30.5 Å². The lowest BCUT2D eigenvalue weighted by atomic mass is 10.2. The third-order valence-electron chi connectivity index (χ3n) is 2.90. The third kappa shape index (κ3) is 3.85. The molecule has 6 heteroatoms. The molecule has 0 radical (unpaired) electrons. The van der Waals surface area contributed by atoms with Crippen LogP contribution in [0.5, 0.6) is 11.5 Å². The van der Waals surface area contributed by atoms with Gasteiger partial charge in [0.1, 0.15) is 11.6 Å². The summed E-state index contributed by atoms with van der Waals surface area (Å²) in [6, 6.07) is 6.88. The van der Waals surface area contributed by atoms with Crippen LogP contribution in [0, 0.1) is 11.6 Å². The molecule has 2 aromatic carbocycles. The minimum Gasteiger partial charge on any atom is -0.493 e. The highest BCUT2D eigenvalue weighted by atomic mass is 79.9. The van der Waals surface area contributed by atoms with E-state index in [-0.39, 0.29) is 0 Å². The van der Waals surface area contributed by atoms with E-state index in [1.807, 2.05) is 0 Å². The van der Waals surface area contributed by atoms with Crippen molar-refractivity contribution in [3.63, 3.8) is 0 Å². The summed E-state index contributed by atoms with van der Waals surface area (Å²) >= 11 is 3.43. The van der Waals surface area contributed by atoms with Crippen molar-refractivity contribution >= 4 is 21.6 Å². The first-order chi connectivity index (χ1) is 10.0. The lowest BCUT2D eigenvalue weighted by Crippen LogP contribution is -2.02. The Labute approximate surface area is 130 Å². The molecule has 1 N–H and O–H groups in total. The summed E-state index contributed by atoms with van der Waals surface area (Å²) < 4.78 is 37.5. The van der Waals surface area contributed by atoms with E-state index >= 15 is 0 Å². The number of anilines is 1. The van der Waals surface area contributed by atoms with E-state index in [0.717, 1.165) is 16.1 Å². The van der Waals surface area contributed by atoms with Crippen LogP contribution in [0.15, 0.2) is 34.8 Å². The second kappa shape index (κ2) is 6.76. The van der Waals surface area contributed by atoms with Crippen molar-refractivity contribution in [1.82, 2.24) is 0 Å². The molecule has 0 aliphatic rings. The van der Waals surface area contributed by atoms with Crippen LogP contribution in [-0.2, 0) is 6.54 Å². The van der Waals surface area contributed by atoms with Crippen LogP contribution in [0.4, 0.5) is 14.5 Å². The summed E-state index contributed by atoms with van der Waals surface area (Å²) in [6.45, 7) is 0.379. The summed E-state index contributed by atoms with van der Waals surface area (Å²) in [4.78, 5) is 0. The lowest BCUT2D eigenvalue weighted by molar-refractivity contribution is 0.354. The standard InChI is InChI=1S/C15H14BrF2NO2/c1-20-14-3-9(13(16)7-15(14)21-2)8-19-12-5-10(17)4-11(18)6-12/h3-7,19H,8H2,1-2H3. The number of benzene rings is 2. The smallest absolute Gasteiger partial charge is 0.161 e. The molecule has 0 saturated carbocycles. The molecule has 0 aliphatic heterocycles. The number of nitrogens with one attached hydrogen (secondary N) is 1. The summed E-state index contributed by atoms with van der Waals surface area (Å²) in [7, 11) is 3.10. The van der Waals surface area contributed by atoms with Gasteiger partial charge in [-0.05, 0) is 29.8 Å². The first kappa shape index (κ1) is 15.6. The number of hydrogen-bond acceptors (Lipinski definition) is 3. The van der Waals surface area contributed by atoms with Crippen molar-refractivity contribution in [1.29, 1.82) is 0 Å². The average Bonchev–Trinajstić information content (AvgIpc) is 2.44. The minimum atomic E-state index is -0.621. The van der Waals surface area contributed by atoms with Gasteiger partial charge in [-0.25, -0.2) is 8.78 Å². The summed E-state index contributed by atoms with van der Waals surface area (Å²) in [5.41, 5.74) is 1.24.